The predicted octanol–water partition coefficient (Wildman–Crippen LogP) is 4.26. The van der Waals surface area contributed by atoms with Crippen LogP contribution in [0.5, 0.6) is 0 Å². The molecule has 6 nitrogen and oxygen atoms in total. The molecule has 7 N–H and O–H groups in total. The Balaban J connectivity index is 0.000000393. The van der Waals surface area contributed by atoms with Crippen LogP contribution in [0, 0.1) is 0 Å². The molecule has 2 aromatic carbocycles. The molecular weight excluding hydrogens is 425 g/mol. The normalized spacial score (nSPS) is 10.6. The molecule has 0 amide bonds. The Kier molecular flexibility index (Phi) is 14.1. The monoisotopic (exact) mass is 447 g/mol. The molecule has 1 atom stereocenters. The molecule has 0 fully saturated rings. The summed E-state index contributed by atoms with van der Waals surface area (Å²) in [5, 5.41) is 9.98. The smallest absolute Gasteiger partial charge is 0.320 e. The van der Waals surface area contributed by atoms with Crippen LogP contribution in [0.3, 0.4) is 0 Å². The van der Waals surface area contributed by atoms with Crippen LogP contribution < -0.4 is 17.2 Å². The van der Waals surface area contributed by atoms with Gasteiger partial charge in [-0.3, -0.25) is 9.59 Å². The Morgan fingerprint density at radius 3 is 2.04 bits per heavy atom. The molecule has 0 radical (unpaired) electrons. The van der Waals surface area contributed by atoms with Gasteiger partial charge in [-0.1, -0.05) is 41.2 Å². The molecular formula is C19H24Cl3N3O3. The molecule has 2 rings (SSSR count). The van der Waals surface area contributed by atoms with Crippen LogP contribution in [-0.2, 0) is 4.79 Å². The first kappa shape index (κ1) is 26.2. The highest BCUT2D eigenvalue weighted by Gasteiger charge is 2.09. The largest absolute Gasteiger partial charge is 0.480 e. The highest BCUT2D eigenvalue weighted by atomic mass is 35.5. The molecule has 0 aliphatic carbocycles. The van der Waals surface area contributed by atoms with Gasteiger partial charge >= 0.3 is 5.97 Å². The zero-order chi connectivity index (χ0) is 21.5. The third-order valence-electron chi connectivity index (χ3n) is 3.25. The topological polar surface area (TPSA) is 132 Å². The van der Waals surface area contributed by atoms with Gasteiger partial charge in [0.1, 0.15) is 6.04 Å². The minimum atomic E-state index is -0.933. The number of carbonyl (C=O) groups excluding carboxylic acids is 1. The zero-order valence-electron chi connectivity index (χ0n) is 15.2. The van der Waals surface area contributed by atoms with Crippen LogP contribution in [-0.4, -0.2) is 29.9 Å². The Morgan fingerprint density at radius 1 is 1.04 bits per heavy atom. The molecule has 0 aliphatic rings. The molecule has 9 heteroatoms. The maximum atomic E-state index is 10.2. The molecule has 2 aromatic rings. The van der Waals surface area contributed by atoms with Crippen molar-refractivity contribution in [1.29, 1.82) is 0 Å². The molecule has 0 heterocycles. The summed E-state index contributed by atoms with van der Waals surface area (Å²) in [5.74, 6) is -0.933. The number of hydrogen-bond donors (Lipinski definition) is 4. The van der Waals surface area contributed by atoms with Crippen molar-refractivity contribution >= 4 is 52.7 Å². The van der Waals surface area contributed by atoms with Gasteiger partial charge in [0.15, 0.2) is 6.29 Å². The zero-order valence-corrected chi connectivity index (χ0v) is 17.4. The van der Waals surface area contributed by atoms with Crippen LogP contribution in [0.2, 0.25) is 15.1 Å². The van der Waals surface area contributed by atoms with E-state index in [2.05, 4.69) is 0 Å². The van der Waals surface area contributed by atoms with E-state index in [0.29, 0.717) is 34.9 Å². The van der Waals surface area contributed by atoms with Crippen molar-refractivity contribution in [3.05, 3.63) is 63.1 Å². The number of aldehydes is 1. The van der Waals surface area contributed by atoms with Gasteiger partial charge in [0.05, 0.1) is 5.02 Å². The van der Waals surface area contributed by atoms with Gasteiger partial charge in [0.25, 0.3) is 0 Å². The van der Waals surface area contributed by atoms with Crippen molar-refractivity contribution in [2.45, 2.75) is 25.3 Å². The number of nitrogens with two attached hydrogens (primary N) is 3. The second-order valence-electron chi connectivity index (χ2n) is 5.56. The maximum Gasteiger partial charge on any atom is 0.320 e. The lowest BCUT2D eigenvalue weighted by molar-refractivity contribution is -0.138. The van der Waals surface area contributed by atoms with E-state index in [1.54, 1.807) is 36.4 Å². The third-order valence-corrected chi connectivity index (χ3v) is 4.06. The fourth-order valence-electron chi connectivity index (χ4n) is 1.69. The summed E-state index contributed by atoms with van der Waals surface area (Å²) in [6.07, 6.45) is 2.86. The Hall–Kier alpha value is -1.83. The quantitative estimate of drug-likeness (QED) is 0.296. The summed E-state index contributed by atoms with van der Waals surface area (Å²) < 4.78 is 0. The second-order valence-corrected chi connectivity index (χ2v) is 6.84. The van der Waals surface area contributed by atoms with Crippen molar-refractivity contribution in [3.8, 4) is 0 Å². The summed E-state index contributed by atoms with van der Waals surface area (Å²) in [6.45, 7) is 0.604. The van der Waals surface area contributed by atoms with Crippen molar-refractivity contribution in [2.75, 3.05) is 12.3 Å². The third kappa shape index (κ3) is 12.5. The lowest BCUT2D eigenvalue weighted by atomic mass is 10.1. The molecule has 0 saturated heterocycles. The molecule has 28 heavy (non-hydrogen) atoms. The lowest BCUT2D eigenvalue weighted by Crippen LogP contribution is -2.29. The summed E-state index contributed by atoms with van der Waals surface area (Å²) in [5.41, 5.74) is 17.0. The van der Waals surface area contributed by atoms with E-state index >= 15 is 0 Å². The van der Waals surface area contributed by atoms with Gasteiger partial charge in [-0.2, -0.15) is 0 Å². The van der Waals surface area contributed by atoms with Crippen LogP contribution in [0.15, 0.2) is 42.5 Å². The first-order valence-electron chi connectivity index (χ1n) is 8.31. The molecule has 154 valence electrons. The minimum Gasteiger partial charge on any atom is -0.480 e. The predicted molar refractivity (Wildman–Crippen MR) is 116 cm³/mol. The number of benzene rings is 2. The van der Waals surface area contributed by atoms with E-state index in [9.17, 15) is 9.59 Å². The van der Waals surface area contributed by atoms with Crippen molar-refractivity contribution < 1.29 is 14.7 Å². The summed E-state index contributed by atoms with van der Waals surface area (Å²) in [6, 6.07) is 11.1. The molecule has 0 saturated carbocycles. The van der Waals surface area contributed by atoms with Gasteiger partial charge in [-0.15, -0.1) is 0 Å². The van der Waals surface area contributed by atoms with Crippen LogP contribution in [0.1, 0.15) is 29.6 Å². The highest BCUT2D eigenvalue weighted by molar-refractivity contribution is 6.36. The van der Waals surface area contributed by atoms with Crippen molar-refractivity contribution in [2.24, 2.45) is 11.5 Å². The summed E-state index contributed by atoms with van der Waals surface area (Å²) in [4.78, 5) is 20.3. The fourth-order valence-corrected chi connectivity index (χ4v) is 2.27. The first-order chi connectivity index (χ1) is 13.2. The number of aliphatic carboxylic acids is 1. The summed E-state index contributed by atoms with van der Waals surface area (Å²) in [7, 11) is 0. The highest BCUT2D eigenvalue weighted by Crippen LogP contribution is 2.18. The molecule has 0 spiro atoms. The van der Waals surface area contributed by atoms with Crippen molar-refractivity contribution in [3.63, 3.8) is 0 Å². The Labute approximate surface area is 179 Å². The second kappa shape index (κ2) is 15.1. The molecule has 0 unspecified atom stereocenters. The first-order valence-corrected chi connectivity index (χ1v) is 9.44. The van der Waals surface area contributed by atoms with Crippen LogP contribution >= 0.6 is 34.8 Å². The number of anilines is 1. The number of rotatable bonds is 6. The maximum absolute atomic E-state index is 10.2. The number of carboxylic acid groups (broad SMARTS) is 1. The van der Waals surface area contributed by atoms with Gasteiger partial charge in [0.2, 0.25) is 0 Å². The SMILES string of the molecule is NCCCC[C@H](N)C(=O)O.Nc1ccc(Cl)cc1.O=Cc1ccc(Cl)cc1Cl. The number of nitrogen functional groups attached to an aromatic ring is 1. The van der Waals surface area contributed by atoms with E-state index in [-0.39, 0.29) is 0 Å². The Bertz CT molecular complexity index is 707. The van der Waals surface area contributed by atoms with Gasteiger partial charge in [0, 0.05) is 21.3 Å². The number of carboxylic acids is 1. The standard InChI is InChI=1S/C7H4Cl2O.C6H6ClN.C6H14N2O2/c8-6-2-1-5(4-10)7(9)3-6;7-5-1-3-6(8)4-2-5;7-4-2-1-3-5(8)6(9)10/h1-4H;1-4H,8H2;5H,1-4,7-8H2,(H,9,10)/t;;5-/m..0/s1. The molecule has 0 bridgehead atoms. The average Bonchev–Trinajstić information content (AvgIpc) is 2.65. The van der Waals surface area contributed by atoms with E-state index in [0.717, 1.165) is 23.6 Å². The van der Waals surface area contributed by atoms with E-state index in [1.807, 2.05) is 0 Å². The van der Waals surface area contributed by atoms with Crippen molar-refractivity contribution in [1.82, 2.24) is 0 Å². The van der Waals surface area contributed by atoms with Gasteiger partial charge < -0.3 is 22.3 Å². The minimum absolute atomic E-state index is 0.391. The van der Waals surface area contributed by atoms with E-state index in [1.165, 1.54) is 6.07 Å². The van der Waals surface area contributed by atoms with Gasteiger partial charge in [-0.05, 0) is 61.9 Å². The number of carbonyl (C=O) groups is 2. The number of hydrogen-bond acceptors (Lipinski definition) is 5. The fraction of sp³-hybridized carbons (Fsp3) is 0.263. The molecule has 0 aromatic heterocycles. The average molecular weight is 449 g/mol. The van der Waals surface area contributed by atoms with Crippen LogP contribution in [0.4, 0.5) is 5.69 Å². The molecule has 0 aliphatic heterocycles. The van der Waals surface area contributed by atoms with Gasteiger partial charge in [-0.25, -0.2) is 0 Å². The number of halogens is 3. The lowest BCUT2D eigenvalue weighted by Gasteiger charge is -2.03. The Morgan fingerprint density at radius 2 is 1.61 bits per heavy atom. The summed E-state index contributed by atoms with van der Waals surface area (Å²) >= 11 is 16.7. The van der Waals surface area contributed by atoms with Crippen LogP contribution in [0.25, 0.3) is 0 Å². The van der Waals surface area contributed by atoms with E-state index in [4.69, 9.17) is 57.1 Å². The number of unbranched alkanes of at least 4 members (excludes halogenated alkanes) is 1. The van der Waals surface area contributed by atoms with E-state index < -0.39 is 12.0 Å².